The molecule has 1 aromatic rings. The van der Waals surface area contributed by atoms with Gasteiger partial charge in [0, 0.05) is 18.7 Å². The second-order valence-electron chi connectivity index (χ2n) is 6.64. The van der Waals surface area contributed by atoms with Crippen molar-refractivity contribution in [2.24, 2.45) is 5.92 Å². The highest BCUT2D eigenvalue weighted by Gasteiger charge is 2.26. The van der Waals surface area contributed by atoms with Gasteiger partial charge in [0.05, 0.1) is 4.90 Å². The first-order valence-corrected chi connectivity index (χ1v) is 10.1. The molecule has 0 unspecified atom stereocenters. The molecule has 1 heterocycles. The van der Waals surface area contributed by atoms with Gasteiger partial charge in [0.2, 0.25) is 15.9 Å². The molecule has 3 rings (SSSR count). The molecule has 7 nitrogen and oxygen atoms in total. The van der Waals surface area contributed by atoms with Gasteiger partial charge in [-0.15, -0.1) is 0 Å². The maximum atomic E-state index is 12.4. The van der Waals surface area contributed by atoms with Crippen molar-refractivity contribution < 1.29 is 18.0 Å². The van der Waals surface area contributed by atoms with Gasteiger partial charge >= 0.3 is 0 Å². The largest absolute Gasteiger partial charge is 0.354 e. The fraction of sp³-hybridized carbons (Fsp3) is 0.529. The van der Waals surface area contributed by atoms with E-state index in [1.807, 2.05) is 0 Å². The molecular weight excluding hydrogens is 342 g/mol. The Hall–Kier alpha value is -1.93. The molecule has 1 saturated carbocycles. The first-order valence-electron chi connectivity index (χ1n) is 8.64. The molecule has 8 heteroatoms. The Morgan fingerprint density at radius 2 is 2.00 bits per heavy atom. The summed E-state index contributed by atoms with van der Waals surface area (Å²) in [6.07, 6.45) is 4.42. The monoisotopic (exact) mass is 365 g/mol. The smallest absolute Gasteiger partial charge is 0.251 e. The molecule has 136 valence electrons. The molecule has 1 aliphatic heterocycles. The van der Waals surface area contributed by atoms with Crippen LogP contribution in [0, 0.1) is 5.92 Å². The molecule has 2 amide bonds. The predicted octanol–water partition coefficient (Wildman–Crippen LogP) is 0.773. The number of carbonyl (C=O) groups is 2. The lowest BCUT2D eigenvalue weighted by Gasteiger charge is -2.15. The minimum atomic E-state index is -3.63. The van der Waals surface area contributed by atoms with Crippen molar-refractivity contribution in [2.75, 3.05) is 13.1 Å². The summed E-state index contributed by atoms with van der Waals surface area (Å²) in [5.74, 6) is -0.211. The van der Waals surface area contributed by atoms with E-state index in [0.717, 1.165) is 25.7 Å². The summed E-state index contributed by atoms with van der Waals surface area (Å²) in [4.78, 5) is 24.4. The van der Waals surface area contributed by atoms with Crippen molar-refractivity contribution in [3.05, 3.63) is 29.8 Å². The number of nitrogens with one attached hydrogen (secondary N) is 3. The van der Waals surface area contributed by atoms with Crippen molar-refractivity contribution in [2.45, 2.75) is 43.0 Å². The standard InChI is InChI=1S/C17H23N3O4S/c21-16(20-15-6-1-2-9-18-17(15)22)13-4-3-5-14(10-13)25(23,24)19-11-12-7-8-12/h3-5,10,12,15,19H,1-2,6-9,11H2,(H,18,22)(H,20,21)/t15-/m0/s1. The second-order valence-corrected chi connectivity index (χ2v) is 8.40. The zero-order valence-corrected chi connectivity index (χ0v) is 14.8. The van der Waals surface area contributed by atoms with Gasteiger partial charge in [-0.25, -0.2) is 13.1 Å². The van der Waals surface area contributed by atoms with Crippen LogP contribution in [0.1, 0.15) is 42.5 Å². The van der Waals surface area contributed by atoms with Gasteiger partial charge in [-0.1, -0.05) is 6.07 Å². The van der Waals surface area contributed by atoms with Crippen LogP contribution in [0.25, 0.3) is 0 Å². The van der Waals surface area contributed by atoms with Crippen LogP contribution in [0.4, 0.5) is 0 Å². The van der Waals surface area contributed by atoms with E-state index in [2.05, 4.69) is 15.4 Å². The van der Waals surface area contributed by atoms with Gasteiger partial charge < -0.3 is 10.6 Å². The van der Waals surface area contributed by atoms with E-state index in [0.29, 0.717) is 25.4 Å². The van der Waals surface area contributed by atoms with E-state index >= 15 is 0 Å². The Labute approximate surface area is 147 Å². The molecule has 0 radical (unpaired) electrons. The van der Waals surface area contributed by atoms with Crippen molar-refractivity contribution in [1.29, 1.82) is 0 Å². The van der Waals surface area contributed by atoms with Gasteiger partial charge in [0.15, 0.2) is 0 Å². The summed E-state index contributed by atoms with van der Waals surface area (Å²) in [6, 6.07) is 5.31. The molecule has 0 spiro atoms. The van der Waals surface area contributed by atoms with Gasteiger partial charge in [-0.05, 0) is 56.2 Å². The highest BCUT2D eigenvalue weighted by molar-refractivity contribution is 7.89. The molecule has 2 aliphatic rings. The first kappa shape index (κ1) is 17.9. The first-order chi connectivity index (χ1) is 12.0. The van der Waals surface area contributed by atoms with Crippen LogP contribution in [0.15, 0.2) is 29.2 Å². The van der Waals surface area contributed by atoms with Gasteiger partial charge in [0.25, 0.3) is 5.91 Å². The molecule has 0 aromatic heterocycles. The van der Waals surface area contributed by atoms with Gasteiger partial charge in [0.1, 0.15) is 6.04 Å². The van der Waals surface area contributed by atoms with Crippen molar-refractivity contribution in [3.63, 3.8) is 0 Å². The minimum Gasteiger partial charge on any atom is -0.354 e. The average molecular weight is 365 g/mol. The fourth-order valence-electron chi connectivity index (χ4n) is 2.76. The summed E-state index contributed by atoms with van der Waals surface area (Å²) in [7, 11) is -3.63. The Kier molecular flexibility index (Phi) is 5.39. The Morgan fingerprint density at radius 1 is 1.20 bits per heavy atom. The van der Waals surface area contributed by atoms with E-state index in [9.17, 15) is 18.0 Å². The van der Waals surface area contributed by atoms with Crippen molar-refractivity contribution in [1.82, 2.24) is 15.4 Å². The van der Waals surface area contributed by atoms with Crippen LogP contribution >= 0.6 is 0 Å². The third-order valence-electron chi connectivity index (χ3n) is 4.51. The summed E-state index contributed by atoms with van der Waals surface area (Å²) >= 11 is 0. The van der Waals surface area contributed by atoms with E-state index < -0.39 is 22.0 Å². The van der Waals surface area contributed by atoms with Gasteiger partial charge in [-0.2, -0.15) is 0 Å². The highest BCUT2D eigenvalue weighted by atomic mass is 32.2. The molecular formula is C17H23N3O4S. The normalized spacial score (nSPS) is 21.3. The minimum absolute atomic E-state index is 0.0612. The van der Waals surface area contributed by atoms with E-state index in [4.69, 9.17) is 0 Å². The number of rotatable bonds is 6. The second kappa shape index (κ2) is 7.53. The Morgan fingerprint density at radius 3 is 2.76 bits per heavy atom. The lowest BCUT2D eigenvalue weighted by Crippen LogP contribution is -2.45. The average Bonchev–Trinajstić information content (AvgIpc) is 3.43. The van der Waals surface area contributed by atoms with E-state index in [1.165, 1.54) is 18.2 Å². The zero-order chi connectivity index (χ0) is 17.9. The number of hydrogen-bond donors (Lipinski definition) is 3. The molecule has 3 N–H and O–H groups in total. The number of sulfonamides is 1. The van der Waals surface area contributed by atoms with Crippen LogP contribution in [0.3, 0.4) is 0 Å². The van der Waals surface area contributed by atoms with E-state index in [1.54, 1.807) is 6.07 Å². The molecule has 25 heavy (non-hydrogen) atoms. The van der Waals surface area contributed by atoms with Crippen LogP contribution in [0.5, 0.6) is 0 Å². The Balaban J connectivity index is 1.69. The molecule has 1 atom stereocenters. The SMILES string of the molecule is O=C(N[C@H]1CCCCNC1=O)c1cccc(S(=O)(=O)NCC2CC2)c1. The third-order valence-corrected chi connectivity index (χ3v) is 5.93. The molecule has 2 fully saturated rings. The van der Waals surface area contributed by atoms with Crippen molar-refractivity contribution >= 4 is 21.8 Å². The van der Waals surface area contributed by atoms with Crippen molar-refractivity contribution in [3.8, 4) is 0 Å². The predicted molar refractivity (Wildman–Crippen MR) is 92.5 cm³/mol. The number of hydrogen-bond acceptors (Lipinski definition) is 4. The summed E-state index contributed by atoms with van der Waals surface area (Å²) in [6.45, 7) is 1.05. The van der Waals surface area contributed by atoms with Crippen LogP contribution in [-0.2, 0) is 14.8 Å². The molecule has 1 aromatic carbocycles. The summed E-state index contributed by atoms with van der Waals surface area (Å²) in [5.41, 5.74) is 0.228. The summed E-state index contributed by atoms with van der Waals surface area (Å²) in [5, 5.41) is 5.46. The lowest BCUT2D eigenvalue weighted by atomic mass is 10.1. The zero-order valence-electron chi connectivity index (χ0n) is 14.0. The quantitative estimate of drug-likeness (QED) is 0.693. The number of amides is 2. The topological polar surface area (TPSA) is 104 Å². The van der Waals surface area contributed by atoms with Crippen LogP contribution in [0.2, 0.25) is 0 Å². The fourth-order valence-corrected chi connectivity index (χ4v) is 3.92. The lowest BCUT2D eigenvalue weighted by molar-refractivity contribution is -0.122. The van der Waals surface area contributed by atoms with Crippen LogP contribution in [-0.4, -0.2) is 39.4 Å². The maximum absolute atomic E-state index is 12.4. The van der Waals surface area contributed by atoms with Gasteiger partial charge in [-0.3, -0.25) is 9.59 Å². The number of carbonyl (C=O) groups excluding carboxylic acids is 2. The van der Waals surface area contributed by atoms with E-state index in [-0.39, 0.29) is 16.4 Å². The third kappa shape index (κ3) is 4.79. The summed E-state index contributed by atoms with van der Waals surface area (Å²) < 4.78 is 27.2. The number of benzene rings is 1. The molecule has 1 aliphatic carbocycles. The maximum Gasteiger partial charge on any atom is 0.251 e. The van der Waals surface area contributed by atoms with Crippen LogP contribution < -0.4 is 15.4 Å². The highest BCUT2D eigenvalue weighted by Crippen LogP contribution is 2.28. The molecule has 0 bridgehead atoms. The Bertz CT molecular complexity index is 759. The molecule has 1 saturated heterocycles.